The van der Waals surface area contributed by atoms with Crippen molar-refractivity contribution in [3.63, 3.8) is 0 Å². The maximum absolute atomic E-state index is 14.6. The second kappa shape index (κ2) is 19.9. The molecule has 8 rings (SSSR count). The first kappa shape index (κ1) is 49.3. The summed E-state index contributed by atoms with van der Waals surface area (Å²) >= 11 is 0. The normalized spacial score (nSPS) is 29.1. The molecule has 4 aliphatic rings. The van der Waals surface area contributed by atoms with Gasteiger partial charge in [0.15, 0.2) is 5.75 Å². The van der Waals surface area contributed by atoms with Crippen LogP contribution in [0, 0.1) is 30.6 Å². The van der Waals surface area contributed by atoms with E-state index in [4.69, 9.17) is 24.0 Å². The van der Waals surface area contributed by atoms with Crippen molar-refractivity contribution in [3.05, 3.63) is 95.3 Å². The molecule has 1 amide bonds. The van der Waals surface area contributed by atoms with Crippen LogP contribution in [0.4, 0.5) is 11.4 Å². The Hall–Kier alpha value is -6.62. The van der Waals surface area contributed by atoms with Crippen LogP contribution in [0.15, 0.2) is 83.7 Å². The van der Waals surface area contributed by atoms with Crippen LogP contribution in [-0.2, 0) is 23.8 Å². The van der Waals surface area contributed by atoms with Gasteiger partial charge in [-0.1, -0.05) is 82.3 Å². The van der Waals surface area contributed by atoms with Crippen LogP contribution in [-0.4, -0.2) is 118 Å². The average molecular weight is 935 g/mol. The molecule has 362 valence electrons. The Labute approximate surface area is 395 Å². The highest BCUT2D eigenvalue weighted by atomic mass is 16.7. The highest BCUT2D eigenvalue weighted by Crippen LogP contribution is 2.55. The number of nitrogens with one attached hydrogen (secondary N) is 1. The molecule has 1 fully saturated rings. The summed E-state index contributed by atoms with van der Waals surface area (Å²) in [4.78, 5) is 43.3. The lowest BCUT2D eigenvalue weighted by atomic mass is 9.78. The number of anilines is 2. The number of ether oxygens (including phenoxy) is 4. The molecule has 4 aromatic carbocycles. The number of Topliss-reactive ketones (excluding diaryl/α,β-unsaturated/α-hetero) is 1. The molecule has 5 bridgehead atoms. The zero-order valence-electron chi connectivity index (χ0n) is 39.9. The van der Waals surface area contributed by atoms with Gasteiger partial charge in [0.25, 0.3) is 11.7 Å². The second-order valence-electron chi connectivity index (χ2n) is 18.3. The van der Waals surface area contributed by atoms with E-state index in [0.29, 0.717) is 26.2 Å². The van der Waals surface area contributed by atoms with Crippen LogP contribution in [0.5, 0.6) is 23.0 Å². The molecule has 68 heavy (non-hydrogen) atoms. The lowest BCUT2D eigenvalue weighted by molar-refractivity contribution is -0.160. The fourth-order valence-electron chi connectivity index (χ4n) is 9.55. The minimum Gasteiger partial charge on any atom is -0.507 e. The molecule has 4 aromatic rings. The van der Waals surface area contributed by atoms with Gasteiger partial charge in [-0.05, 0) is 31.4 Å². The van der Waals surface area contributed by atoms with Crippen LogP contribution in [0.25, 0.3) is 21.5 Å². The minimum absolute atomic E-state index is 0.0482. The number of phenols is 3. The van der Waals surface area contributed by atoms with E-state index in [2.05, 4.69) is 34.5 Å². The maximum atomic E-state index is 14.6. The number of hydrazone groups is 1. The Morgan fingerprint density at radius 3 is 2.26 bits per heavy atom. The number of hydrogen-bond donors (Lipinski definition) is 6. The SMILES string of the molecule is CO[C@H]1/C=C/O[C@@]2(C)Oc3c(C)c(O)c4c(O)c(c(/C=N\N5CCN(c6cccc7ccccc67)CC5)c(O)c4c3C2=O)NC(=O)/C(C)=C\C=C\[C@@H](C)[C@H](O)[C@@H](C)[C@H](O)[C@@H](C)[C@H](OC(C)=O)[C@@H]1C. The molecule has 16 heteroatoms. The van der Waals surface area contributed by atoms with Crippen LogP contribution in [0.2, 0.25) is 0 Å². The molecule has 1 saturated heterocycles. The quantitative estimate of drug-likeness (QED) is 0.0511. The number of aromatic hydroxyl groups is 3. The van der Waals surface area contributed by atoms with Gasteiger partial charge in [-0.15, -0.1) is 0 Å². The van der Waals surface area contributed by atoms with Crippen LogP contribution in [0.1, 0.15) is 70.0 Å². The zero-order chi connectivity index (χ0) is 49.4. The first-order valence-electron chi connectivity index (χ1n) is 22.9. The van der Waals surface area contributed by atoms with Gasteiger partial charge in [-0.25, -0.2) is 0 Å². The zero-order valence-corrected chi connectivity index (χ0v) is 39.9. The number of nitrogens with zero attached hydrogens (tertiary/aromatic N) is 3. The summed E-state index contributed by atoms with van der Waals surface area (Å²) in [5, 5.41) is 70.1. The minimum atomic E-state index is -2.07. The molecule has 0 unspecified atom stereocenters. The van der Waals surface area contributed by atoms with E-state index in [1.807, 2.05) is 18.2 Å². The molecular formula is C52H62N4O12. The summed E-state index contributed by atoms with van der Waals surface area (Å²) in [5.74, 6) is -8.48. The number of esters is 1. The number of carbonyl (C=O) groups excluding carboxylic acids is 3. The molecule has 0 aliphatic carbocycles. The monoisotopic (exact) mass is 934 g/mol. The molecule has 9 atom stereocenters. The van der Waals surface area contributed by atoms with Crippen LogP contribution < -0.4 is 15.0 Å². The number of benzene rings is 4. The average Bonchev–Trinajstić information content (AvgIpc) is 3.59. The third-order valence-corrected chi connectivity index (χ3v) is 13.7. The van der Waals surface area contributed by atoms with Gasteiger partial charge >= 0.3 is 11.8 Å². The van der Waals surface area contributed by atoms with Crippen molar-refractivity contribution in [3.8, 4) is 23.0 Å². The first-order chi connectivity index (χ1) is 32.3. The van der Waals surface area contributed by atoms with E-state index in [1.165, 1.54) is 59.4 Å². The number of amides is 1. The molecule has 16 nitrogen and oxygen atoms in total. The number of ketones is 1. The predicted octanol–water partition coefficient (Wildman–Crippen LogP) is 7.06. The summed E-state index contributed by atoms with van der Waals surface area (Å²) in [7, 11) is 1.44. The van der Waals surface area contributed by atoms with Gasteiger partial charge in [0.2, 0.25) is 0 Å². The van der Waals surface area contributed by atoms with Crippen molar-refractivity contribution in [2.75, 3.05) is 43.5 Å². The summed E-state index contributed by atoms with van der Waals surface area (Å²) in [5.41, 5.74) is 0.689. The second-order valence-corrected chi connectivity index (χ2v) is 18.3. The van der Waals surface area contributed by atoms with E-state index < -0.39 is 88.8 Å². The topological polar surface area (TPSA) is 220 Å². The van der Waals surface area contributed by atoms with Gasteiger partial charge in [0.1, 0.15) is 23.4 Å². The van der Waals surface area contributed by atoms with Crippen molar-refractivity contribution in [1.82, 2.24) is 5.01 Å². The maximum Gasteiger partial charge on any atom is 0.312 e. The van der Waals surface area contributed by atoms with Gasteiger partial charge < -0.3 is 54.7 Å². The van der Waals surface area contributed by atoms with E-state index >= 15 is 0 Å². The van der Waals surface area contributed by atoms with Crippen molar-refractivity contribution in [2.24, 2.45) is 28.8 Å². The molecule has 0 aromatic heterocycles. The highest BCUT2D eigenvalue weighted by molar-refractivity contribution is 6.24. The van der Waals surface area contributed by atoms with E-state index in [9.17, 15) is 39.9 Å². The predicted molar refractivity (Wildman–Crippen MR) is 259 cm³/mol. The molecule has 0 radical (unpaired) electrons. The Bertz CT molecular complexity index is 2720. The van der Waals surface area contributed by atoms with Crippen molar-refractivity contribution in [2.45, 2.75) is 85.6 Å². The standard InChI is InChI=1S/C52H62N4O12/c1-27-14-12-15-28(2)51(64)54-42-36(26-53-56-23-21-55(22-24-56)37-19-13-17-34-16-10-11-18-35(34)37)46(61)39-40(47(42)62)45(60)32(6)49-41(39)50(63)52(8,68-49)66-25-20-38(65-9)29(3)48(67-33(7)57)31(5)44(59)30(4)43(27)58/h10-20,25-27,29-31,38,43-44,48,58-62H,21-24H2,1-9H3,(H,54,64)/b14-12+,25-20+,28-15-,53-26-/t27-,29-,30-,31-,38+,43+,44+,48-,52+/m1/s1. The molecule has 6 N–H and O–H groups in total. The fraction of sp³-hybridized carbons (Fsp3) is 0.423. The summed E-state index contributed by atoms with van der Waals surface area (Å²) in [6.07, 6.45) is 4.85. The van der Waals surface area contributed by atoms with Gasteiger partial charge in [-0.3, -0.25) is 19.4 Å². The summed E-state index contributed by atoms with van der Waals surface area (Å²) in [6, 6.07) is 14.3. The smallest absolute Gasteiger partial charge is 0.312 e. The number of methoxy groups -OCH3 is 1. The number of allylic oxidation sites excluding steroid dienone is 2. The number of aliphatic hydroxyl groups excluding tert-OH is 2. The summed E-state index contributed by atoms with van der Waals surface area (Å²) in [6.45, 7) is 14.8. The van der Waals surface area contributed by atoms with E-state index in [0.717, 1.165) is 16.5 Å². The Morgan fingerprint density at radius 1 is 0.882 bits per heavy atom. The number of carbonyl (C=O) groups is 3. The van der Waals surface area contributed by atoms with E-state index in [1.54, 1.807) is 44.9 Å². The number of phenolic OH excluding ortho intramolecular Hbond substituents is 3. The van der Waals surface area contributed by atoms with Crippen molar-refractivity contribution < 1.29 is 58.9 Å². The molecular weight excluding hydrogens is 873 g/mol. The van der Waals surface area contributed by atoms with Crippen molar-refractivity contribution >= 4 is 56.8 Å². The third-order valence-electron chi connectivity index (χ3n) is 13.7. The highest BCUT2D eigenvalue weighted by Gasteiger charge is 2.50. The van der Waals surface area contributed by atoms with Gasteiger partial charge in [0.05, 0.1) is 66.1 Å². The Morgan fingerprint density at radius 2 is 1.57 bits per heavy atom. The number of fused-ring (bicyclic) bond motifs is 15. The van der Waals surface area contributed by atoms with Crippen LogP contribution >= 0.6 is 0 Å². The molecule has 0 spiro atoms. The van der Waals surface area contributed by atoms with Gasteiger partial charge in [-0.2, -0.15) is 5.10 Å². The fourth-order valence-corrected chi connectivity index (χ4v) is 9.55. The van der Waals surface area contributed by atoms with Crippen LogP contribution in [0.3, 0.4) is 0 Å². The summed E-state index contributed by atoms with van der Waals surface area (Å²) < 4.78 is 23.8. The van der Waals surface area contributed by atoms with Crippen molar-refractivity contribution in [1.29, 1.82) is 0 Å². The first-order valence-corrected chi connectivity index (χ1v) is 22.9. The number of aliphatic hydroxyl groups is 2. The Balaban J connectivity index is 1.32. The third kappa shape index (κ3) is 9.32. The lowest BCUT2D eigenvalue weighted by Crippen LogP contribution is -2.46. The Kier molecular flexibility index (Phi) is 14.4. The van der Waals surface area contributed by atoms with Gasteiger partial charge in [0, 0.05) is 85.3 Å². The largest absolute Gasteiger partial charge is 0.507 e. The lowest BCUT2D eigenvalue weighted by Gasteiger charge is -2.38. The number of rotatable bonds is 5. The molecule has 4 heterocycles. The molecule has 4 aliphatic heterocycles. The molecule has 0 saturated carbocycles. The number of hydrogen-bond acceptors (Lipinski definition) is 15. The number of piperazine rings is 1. The van der Waals surface area contributed by atoms with E-state index in [-0.39, 0.29) is 44.5 Å².